The molecule has 0 unspecified atom stereocenters. The van der Waals surface area contributed by atoms with Crippen LogP contribution in [0.15, 0.2) is 40.9 Å². The van der Waals surface area contributed by atoms with Crippen LogP contribution in [-0.2, 0) is 0 Å². The molecule has 2 aromatic rings. The van der Waals surface area contributed by atoms with E-state index >= 15 is 0 Å². The second-order valence-corrected chi connectivity index (χ2v) is 4.99. The first-order valence-corrected chi connectivity index (χ1v) is 6.36. The monoisotopic (exact) mass is 345 g/mol. The minimum atomic E-state index is -0.680. The standard InChI is InChI=1S/C13H7BrClF2NO/c14-10-6-8(16)2-4-12(10)18-13(19)9-5-7(15)1-3-11(9)17/h1-6H,(H,18,19). The number of rotatable bonds is 2. The van der Waals surface area contributed by atoms with Crippen molar-refractivity contribution in [3.8, 4) is 0 Å². The molecule has 0 aliphatic heterocycles. The number of anilines is 1. The van der Waals surface area contributed by atoms with Crippen molar-refractivity contribution in [2.45, 2.75) is 0 Å². The predicted octanol–water partition coefficient (Wildman–Crippen LogP) is 4.63. The summed E-state index contributed by atoms with van der Waals surface area (Å²) in [5.41, 5.74) is 0.162. The third-order valence-corrected chi connectivity index (χ3v) is 3.24. The topological polar surface area (TPSA) is 29.1 Å². The number of carbonyl (C=O) groups is 1. The molecule has 0 atom stereocenters. The molecule has 0 fully saturated rings. The molecule has 6 heteroatoms. The zero-order valence-electron chi connectivity index (χ0n) is 9.38. The summed E-state index contributed by atoms with van der Waals surface area (Å²) in [6.45, 7) is 0. The van der Waals surface area contributed by atoms with Gasteiger partial charge in [0.15, 0.2) is 0 Å². The van der Waals surface area contributed by atoms with Gasteiger partial charge in [0.2, 0.25) is 0 Å². The molecule has 0 bridgehead atoms. The number of amides is 1. The molecule has 1 N–H and O–H groups in total. The molecule has 0 saturated carbocycles. The summed E-state index contributed by atoms with van der Waals surface area (Å²) in [7, 11) is 0. The third-order valence-electron chi connectivity index (χ3n) is 2.35. The van der Waals surface area contributed by atoms with Crippen LogP contribution in [0.2, 0.25) is 5.02 Å². The van der Waals surface area contributed by atoms with Crippen LogP contribution >= 0.6 is 27.5 Å². The zero-order valence-corrected chi connectivity index (χ0v) is 11.7. The van der Waals surface area contributed by atoms with Crippen LogP contribution in [0.5, 0.6) is 0 Å². The Hall–Kier alpha value is -1.46. The Bertz CT molecular complexity index is 649. The Morgan fingerprint density at radius 1 is 1.16 bits per heavy atom. The Morgan fingerprint density at radius 2 is 1.89 bits per heavy atom. The number of benzene rings is 2. The van der Waals surface area contributed by atoms with E-state index in [0.29, 0.717) is 10.2 Å². The Balaban J connectivity index is 2.28. The number of halogens is 4. The smallest absolute Gasteiger partial charge is 0.258 e. The van der Waals surface area contributed by atoms with Crippen LogP contribution in [0.4, 0.5) is 14.5 Å². The van der Waals surface area contributed by atoms with Gasteiger partial charge in [-0.1, -0.05) is 11.6 Å². The maximum absolute atomic E-state index is 13.5. The van der Waals surface area contributed by atoms with Gasteiger partial charge in [-0.25, -0.2) is 8.78 Å². The van der Waals surface area contributed by atoms with Crippen LogP contribution in [0, 0.1) is 11.6 Å². The van der Waals surface area contributed by atoms with E-state index in [9.17, 15) is 13.6 Å². The van der Waals surface area contributed by atoms with E-state index in [0.717, 1.165) is 6.07 Å². The Kier molecular flexibility index (Phi) is 4.17. The molecule has 98 valence electrons. The van der Waals surface area contributed by atoms with E-state index in [1.165, 1.54) is 30.3 Å². The molecule has 0 saturated heterocycles. The van der Waals surface area contributed by atoms with Gasteiger partial charge < -0.3 is 5.32 Å². The molecule has 0 spiro atoms. The van der Waals surface area contributed by atoms with Gasteiger partial charge in [0.25, 0.3) is 5.91 Å². The van der Waals surface area contributed by atoms with Gasteiger partial charge in [-0.3, -0.25) is 4.79 Å². The molecule has 2 nitrogen and oxygen atoms in total. The van der Waals surface area contributed by atoms with Gasteiger partial charge in [-0.2, -0.15) is 0 Å². The molecule has 0 aromatic heterocycles. The Labute approximate surface area is 121 Å². The van der Waals surface area contributed by atoms with Crippen molar-refractivity contribution in [3.05, 3.63) is 63.1 Å². The number of hydrogen-bond donors (Lipinski definition) is 1. The summed E-state index contributed by atoms with van der Waals surface area (Å²) in [6, 6.07) is 7.44. The lowest BCUT2D eigenvalue weighted by Gasteiger charge is -2.08. The van der Waals surface area contributed by atoms with E-state index in [2.05, 4.69) is 21.2 Å². The molecule has 0 heterocycles. The fourth-order valence-corrected chi connectivity index (χ4v) is 2.07. The molecular weight excluding hydrogens is 340 g/mol. The first-order chi connectivity index (χ1) is 8.97. The first kappa shape index (κ1) is 14.0. The van der Waals surface area contributed by atoms with Gasteiger partial charge in [0, 0.05) is 9.50 Å². The lowest BCUT2D eigenvalue weighted by Crippen LogP contribution is -2.14. The van der Waals surface area contributed by atoms with E-state index < -0.39 is 17.5 Å². The number of carbonyl (C=O) groups excluding carboxylic acids is 1. The molecule has 1 amide bonds. The Morgan fingerprint density at radius 3 is 2.58 bits per heavy atom. The fourth-order valence-electron chi connectivity index (χ4n) is 1.45. The highest BCUT2D eigenvalue weighted by atomic mass is 79.9. The van der Waals surface area contributed by atoms with Crippen LogP contribution in [0.25, 0.3) is 0 Å². The first-order valence-electron chi connectivity index (χ1n) is 5.19. The zero-order chi connectivity index (χ0) is 14.0. The SMILES string of the molecule is O=C(Nc1ccc(F)cc1Br)c1cc(Cl)ccc1F. The minimum absolute atomic E-state index is 0.177. The van der Waals surface area contributed by atoms with E-state index in [1.807, 2.05) is 0 Å². The van der Waals surface area contributed by atoms with Gasteiger partial charge in [0.05, 0.1) is 11.3 Å². The molecule has 0 aliphatic rings. The van der Waals surface area contributed by atoms with E-state index in [-0.39, 0.29) is 10.6 Å². The second-order valence-electron chi connectivity index (χ2n) is 3.70. The molecule has 2 rings (SSSR count). The summed E-state index contributed by atoms with van der Waals surface area (Å²) < 4.78 is 26.8. The lowest BCUT2D eigenvalue weighted by atomic mass is 10.2. The summed E-state index contributed by atoms with van der Waals surface area (Å²) in [5.74, 6) is -1.79. The number of hydrogen-bond acceptors (Lipinski definition) is 1. The third kappa shape index (κ3) is 3.30. The van der Waals surface area contributed by atoms with Crippen molar-refractivity contribution in [2.75, 3.05) is 5.32 Å². The van der Waals surface area contributed by atoms with Crippen molar-refractivity contribution in [1.82, 2.24) is 0 Å². The van der Waals surface area contributed by atoms with Gasteiger partial charge in [0.1, 0.15) is 11.6 Å². The van der Waals surface area contributed by atoms with E-state index in [1.54, 1.807) is 0 Å². The summed E-state index contributed by atoms with van der Waals surface area (Å²) in [4.78, 5) is 11.9. The lowest BCUT2D eigenvalue weighted by molar-refractivity contribution is 0.102. The van der Waals surface area contributed by atoms with Crippen LogP contribution in [0.3, 0.4) is 0 Å². The molecule has 2 aromatic carbocycles. The fraction of sp³-hybridized carbons (Fsp3) is 0. The van der Waals surface area contributed by atoms with Crippen LogP contribution in [-0.4, -0.2) is 5.91 Å². The predicted molar refractivity (Wildman–Crippen MR) is 73.5 cm³/mol. The molecular formula is C13H7BrClF2NO. The average molecular weight is 347 g/mol. The highest BCUT2D eigenvalue weighted by molar-refractivity contribution is 9.10. The summed E-state index contributed by atoms with van der Waals surface area (Å²) in [5, 5.41) is 2.73. The molecule has 0 radical (unpaired) electrons. The van der Waals surface area contributed by atoms with Gasteiger partial charge in [-0.05, 0) is 52.3 Å². The van der Waals surface area contributed by atoms with Crippen LogP contribution < -0.4 is 5.32 Å². The van der Waals surface area contributed by atoms with Crippen molar-refractivity contribution < 1.29 is 13.6 Å². The summed E-state index contributed by atoms with van der Waals surface area (Å²) in [6.07, 6.45) is 0. The highest BCUT2D eigenvalue weighted by Crippen LogP contribution is 2.24. The van der Waals surface area contributed by atoms with Crippen molar-refractivity contribution in [2.24, 2.45) is 0 Å². The maximum Gasteiger partial charge on any atom is 0.258 e. The second kappa shape index (κ2) is 5.67. The van der Waals surface area contributed by atoms with Gasteiger partial charge in [-0.15, -0.1) is 0 Å². The highest BCUT2D eigenvalue weighted by Gasteiger charge is 2.13. The van der Waals surface area contributed by atoms with Crippen molar-refractivity contribution in [3.63, 3.8) is 0 Å². The van der Waals surface area contributed by atoms with E-state index in [4.69, 9.17) is 11.6 Å². The normalized spacial score (nSPS) is 10.3. The maximum atomic E-state index is 13.5. The van der Waals surface area contributed by atoms with Crippen molar-refractivity contribution in [1.29, 1.82) is 0 Å². The van der Waals surface area contributed by atoms with Crippen LogP contribution in [0.1, 0.15) is 10.4 Å². The number of nitrogens with one attached hydrogen (secondary N) is 1. The van der Waals surface area contributed by atoms with Gasteiger partial charge >= 0.3 is 0 Å². The largest absolute Gasteiger partial charge is 0.321 e. The minimum Gasteiger partial charge on any atom is -0.321 e. The molecule has 0 aliphatic carbocycles. The summed E-state index contributed by atoms with van der Waals surface area (Å²) >= 11 is 8.82. The molecule has 19 heavy (non-hydrogen) atoms. The van der Waals surface area contributed by atoms with Crippen molar-refractivity contribution >= 4 is 39.1 Å². The quantitative estimate of drug-likeness (QED) is 0.844. The average Bonchev–Trinajstić information content (AvgIpc) is 2.35.